The van der Waals surface area contributed by atoms with Crippen LogP contribution >= 0.6 is 0 Å². The van der Waals surface area contributed by atoms with E-state index >= 15 is 0 Å². The number of rotatable bonds is 4. The van der Waals surface area contributed by atoms with Crippen molar-refractivity contribution < 1.29 is 19.7 Å². The van der Waals surface area contributed by atoms with E-state index in [-0.39, 0.29) is 0 Å². The maximum absolute atomic E-state index is 12.5. The summed E-state index contributed by atoms with van der Waals surface area (Å²) < 4.78 is 12.0. The first kappa shape index (κ1) is 25.2. The summed E-state index contributed by atoms with van der Waals surface area (Å²) in [6, 6.07) is 29.6. The zero-order valence-corrected chi connectivity index (χ0v) is 21.4. The van der Waals surface area contributed by atoms with E-state index in [1.165, 1.54) is 0 Å². The molecule has 0 fully saturated rings. The van der Waals surface area contributed by atoms with E-state index in [0.29, 0.717) is 47.0 Å². The van der Waals surface area contributed by atoms with Gasteiger partial charge < -0.3 is 19.7 Å². The third-order valence-corrected chi connectivity index (χ3v) is 6.48. The lowest BCUT2D eigenvalue weighted by Gasteiger charge is -2.41. The smallest absolute Gasteiger partial charge is 0.181 e. The molecule has 38 heavy (non-hydrogen) atoms. The van der Waals surface area contributed by atoms with Crippen molar-refractivity contribution in [1.82, 2.24) is 0 Å². The van der Waals surface area contributed by atoms with Crippen LogP contribution < -0.4 is 9.47 Å². The molecule has 0 aromatic heterocycles. The summed E-state index contributed by atoms with van der Waals surface area (Å²) in [5.41, 5.74) is -0.562. The summed E-state index contributed by atoms with van der Waals surface area (Å²) in [7, 11) is 0. The first-order chi connectivity index (χ1) is 18.5. The molecule has 1 aliphatic rings. The molecule has 0 saturated carbocycles. The fourth-order valence-electron chi connectivity index (χ4n) is 4.86. The third-order valence-electron chi connectivity index (χ3n) is 6.48. The lowest BCUT2D eigenvalue weighted by atomic mass is 9.67. The number of ether oxygens (including phenoxy) is 2. The Bertz CT molecular complexity index is 1450. The molecule has 5 rings (SSSR count). The van der Waals surface area contributed by atoms with Gasteiger partial charge in [-0.25, -0.2) is 0 Å². The molecule has 0 bridgehead atoms. The van der Waals surface area contributed by atoms with Gasteiger partial charge in [-0.1, -0.05) is 84.3 Å². The molecule has 0 saturated heterocycles. The summed E-state index contributed by atoms with van der Waals surface area (Å²) in [4.78, 5) is 0. The number of benzene rings is 4. The van der Waals surface area contributed by atoms with Gasteiger partial charge in [-0.15, -0.1) is 0 Å². The summed E-state index contributed by atoms with van der Waals surface area (Å²) in [6.45, 7) is 4.50. The Balaban J connectivity index is 1.86. The lowest BCUT2D eigenvalue weighted by Crippen LogP contribution is -2.42. The second-order valence-corrected chi connectivity index (χ2v) is 8.88. The SMILES string of the molecule is CCOc1cccc2c1[C@@](O)(C#Cc1ccccc1)c1cccc(OCC)c1[C@]2(O)C#Cc1ccccc1. The highest BCUT2D eigenvalue weighted by Gasteiger charge is 2.51. The molecule has 2 atom stereocenters. The van der Waals surface area contributed by atoms with Gasteiger partial charge in [0.25, 0.3) is 0 Å². The molecular weight excluding hydrogens is 472 g/mol. The minimum atomic E-state index is -1.81. The fraction of sp³-hybridized carbons (Fsp3) is 0.176. The molecule has 2 N–H and O–H groups in total. The molecule has 0 spiro atoms. The molecule has 188 valence electrons. The summed E-state index contributed by atoms with van der Waals surface area (Å²) in [6.07, 6.45) is 0. The van der Waals surface area contributed by atoms with Crippen LogP contribution in [-0.4, -0.2) is 23.4 Å². The monoisotopic (exact) mass is 500 g/mol. The van der Waals surface area contributed by atoms with Gasteiger partial charge in [0.1, 0.15) is 11.5 Å². The van der Waals surface area contributed by atoms with Gasteiger partial charge in [-0.3, -0.25) is 0 Å². The van der Waals surface area contributed by atoms with Crippen LogP contribution in [0.3, 0.4) is 0 Å². The standard InChI is InChI=1S/C34H28O4/c1-3-37-29-19-11-17-27-31(29)33(35,23-21-25-13-7-5-8-14-25)28-18-12-20-30(38-4-2)32(28)34(27,36)24-22-26-15-9-6-10-16-26/h5-20,35-36H,3-4H2,1-2H3/t33-,34+. The highest BCUT2D eigenvalue weighted by molar-refractivity contribution is 5.70. The molecule has 0 aliphatic heterocycles. The maximum Gasteiger partial charge on any atom is 0.181 e. The first-order valence-electron chi connectivity index (χ1n) is 12.7. The van der Waals surface area contributed by atoms with Crippen LogP contribution in [0.5, 0.6) is 11.5 Å². The predicted molar refractivity (Wildman–Crippen MR) is 148 cm³/mol. The van der Waals surface area contributed by atoms with E-state index in [0.717, 1.165) is 11.1 Å². The maximum atomic E-state index is 12.5. The number of aliphatic hydroxyl groups is 2. The summed E-state index contributed by atoms with van der Waals surface area (Å²) in [5.74, 6) is 13.4. The molecule has 0 unspecified atom stereocenters. The quantitative estimate of drug-likeness (QED) is 0.370. The van der Waals surface area contributed by atoms with E-state index in [2.05, 4.69) is 23.7 Å². The van der Waals surface area contributed by atoms with Gasteiger partial charge in [0, 0.05) is 22.3 Å². The van der Waals surface area contributed by atoms with Crippen molar-refractivity contribution in [2.45, 2.75) is 25.0 Å². The second kappa shape index (κ2) is 10.5. The Hall–Kier alpha value is -4.48. The van der Waals surface area contributed by atoms with Crippen LogP contribution in [0.15, 0.2) is 97.1 Å². The Morgan fingerprint density at radius 1 is 0.553 bits per heavy atom. The highest BCUT2D eigenvalue weighted by atomic mass is 16.5. The minimum absolute atomic E-state index is 0.372. The van der Waals surface area contributed by atoms with Crippen molar-refractivity contribution in [3.05, 3.63) is 130 Å². The second-order valence-electron chi connectivity index (χ2n) is 8.88. The molecule has 4 aromatic carbocycles. The van der Waals surface area contributed by atoms with E-state index < -0.39 is 11.2 Å². The van der Waals surface area contributed by atoms with Crippen LogP contribution in [0.2, 0.25) is 0 Å². The largest absolute Gasteiger partial charge is 0.493 e. The minimum Gasteiger partial charge on any atom is -0.493 e. The Labute approximate surface area is 223 Å². The summed E-state index contributed by atoms with van der Waals surface area (Å²) >= 11 is 0. The average molecular weight is 501 g/mol. The van der Waals surface area contributed by atoms with Gasteiger partial charge in [0.2, 0.25) is 0 Å². The van der Waals surface area contributed by atoms with Gasteiger partial charge in [-0.05, 0) is 50.2 Å². The summed E-state index contributed by atoms with van der Waals surface area (Å²) in [5, 5.41) is 25.0. The highest BCUT2D eigenvalue weighted by Crippen LogP contribution is 2.53. The van der Waals surface area contributed by atoms with E-state index in [9.17, 15) is 10.2 Å². The third kappa shape index (κ3) is 4.42. The molecule has 4 aromatic rings. The molecule has 1 aliphatic carbocycles. The van der Waals surface area contributed by atoms with Crippen LogP contribution in [0.1, 0.15) is 47.2 Å². The van der Waals surface area contributed by atoms with Crippen molar-refractivity contribution >= 4 is 0 Å². The number of hydrogen-bond acceptors (Lipinski definition) is 4. The van der Waals surface area contributed by atoms with Crippen LogP contribution in [0, 0.1) is 23.7 Å². The van der Waals surface area contributed by atoms with Gasteiger partial charge in [0.15, 0.2) is 11.2 Å². The van der Waals surface area contributed by atoms with E-state index in [1.54, 1.807) is 36.4 Å². The Morgan fingerprint density at radius 3 is 1.32 bits per heavy atom. The van der Waals surface area contributed by atoms with Crippen molar-refractivity contribution in [3.8, 4) is 35.2 Å². The van der Waals surface area contributed by atoms with Crippen molar-refractivity contribution in [2.75, 3.05) is 13.2 Å². The van der Waals surface area contributed by atoms with E-state index in [1.807, 2.05) is 74.5 Å². The van der Waals surface area contributed by atoms with Crippen molar-refractivity contribution in [2.24, 2.45) is 0 Å². The number of fused-ring (bicyclic) bond motifs is 2. The molecule has 4 nitrogen and oxygen atoms in total. The van der Waals surface area contributed by atoms with Gasteiger partial charge >= 0.3 is 0 Å². The zero-order valence-electron chi connectivity index (χ0n) is 21.4. The molecule has 0 radical (unpaired) electrons. The number of hydrogen-bond donors (Lipinski definition) is 2. The van der Waals surface area contributed by atoms with Gasteiger partial charge in [-0.2, -0.15) is 0 Å². The van der Waals surface area contributed by atoms with Crippen molar-refractivity contribution in [3.63, 3.8) is 0 Å². The molecule has 4 heteroatoms. The predicted octanol–water partition coefficient (Wildman–Crippen LogP) is 5.37. The van der Waals surface area contributed by atoms with Crippen LogP contribution in [0.25, 0.3) is 0 Å². The Morgan fingerprint density at radius 2 is 0.947 bits per heavy atom. The molecular formula is C34H28O4. The Kier molecular flexibility index (Phi) is 6.95. The topological polar surface area (TPSA) is 58.9 Å². The van der Waals surface area contributed by atoms with Crippen LogP contribution in [-0.2, 0) is 11.2 Å². The van der Waals surface area contributed by atoms with E-state index in [4.69, 9.17) is 9.47 Å². The molecule has 0 amide bonds. The normalized spacial score (nSPS) is 19.1. The van der Waals surface area contributed by atoms with Crippen LogP contribution in [0.4, 0.5) is 0 Å². The van der Waals surface area contributed by atoms with Gasteiger partial charge in [0.05, 0.1) is 24.3 Å². The average Bonchev–Trinajstić information content (AvgIpc) is 2.95. The van der Waals surface area contributed by atoms with Crippen molar-refractivity contribution in [1.29, 1.82) is 0 Å². The molecule has 0 heterocycles. The fourth-order valence-corrected chi connectivity index (χ4v) is 4.86. The first-order valence-corrected chi connectivity index (χ1v) is 12.7. The zero-order chi connectivity index (χ0) is 26.6. The lowest BCUT2D eigenvalue weighted by molar-refractivity contribution is 0.0880.